The van der Waals surface area contributed by atoms with Gasteiger partial charge in [-0.25, -0.2) is 9.87 Å². The number of benzene rings is 2. The second-order valence-electron chi connectivity index (χ2n) is 6.62. The van der Waals surface area contributed by atoms with Crippen molar-refractivity contribution in [2.75, 3.05) is 0 Å². The summed E-state index contributed by atoms with van der Waals surface area (Å²) in [5.74, 6) is 9.06. The number of carbonyl (C=O) groups is 2. The fraction of sp³-hybridized carbons (Fsp3) is 0.182. The first kappa shape index (κ1) is 21.6. The smallest absolute Gasteiger partial charge is 0.268 e. The summed E-state index contributed by atoms with van der Waals surface area (Å²) in [7, 11) is 0. The van der Waals surface area contributed by atoms with Crippen LogP contribution < -0.4 is 10.8 Å². The van der Waals surface area contributed by atoms with Gasteiger partial charge in [0.1, 0.15) is 11.9 Å². The number of halogens is 1. The van der Waals surface area contributed by atoms with Crippen molar-refractivity contribution in [3.8, 4) is 23.7 Å². The van der Waals surface area contributed by atoms with E-state index < -0.39 is 23.5 Å². The fourth-order valence-corrected chi connectivity index (χ4v) is 2.29. The number of hydroxylamine groups is 1. The lowest BCUT2D eigenvalue weighted by Gasteiger charge is -2.28. The molecule has 0 spiro atoms. The van der Waals surface area contributed by atoms with Crippen molar-refractivity contribution in [2.24, 2.45) is 0 Å². The highest BCUT2D eigenvalue weighted by atomic mass is 19.1. The van der Waals surface area contributed by atoms with E-state index >= 15 is 0 Å². The second-order valence-corrected chi connectivity index (χ2v) is 6.62. The largest absolute Gasteiger partial charge is 0.388 e. The Hall–Kier alpha value is -3.65. The van der Waals surface area contributed by atoms with Gasteiger partial charge in [-0.05, 0) is 74.2 Å². The zero-order chi connectivity index (χ0) is 21.4. The van der Waals surface area contributed by atoms with Crippen LogP contribution >= 0.6 is 0 Å². The quantitative estimate of drug-likeness (QED) is 0.360. The number of aliphatic hydroxyl groups is 1. The second kappa shape index (κ2) is 9.52. The number of hydrogen-bond donors (Lipinski definition) is 4. The molecule has 2 rings (SSSR count). The number of amides is 2. The van der Waals surface area contributed by atoms with E-state index in [1.165, 1.54) is 43.6 Å². The van der Waals surface area contributed by atoms with Crippen LogP contribution in [0.5, 0.6) is 0 Å². The molecule has 0 fully saturated rings. The zero-order valence-electron chi connectivity index (χ0n) is 15.8. The zero-order valence-corrected chi connectivity index (χ0v) is 15.8. The van der Waals surface area contributed by atoms with Crippen molar-refractivity contribution in [1.29, 1.82) is 0 Å². The van der Waals surface area contributed by atoms with E-state index in [0.717, 1.165) is 0 Å². The van der Waals surface area contributed by atoms with Crippen molar-refractivity contribution in [1.82, 2.24) is 10.8 Å². The third-order valence-electron chi connectivity index (χ3n) is 3.82. The molecule has 4 N–H and O–H groups in total. The summed E-state index contributed by atoms with van der Waals surface area (Å²) in [6.07, 6.45) is 0. The predicted octanol–water partition coefficient (Wildman–Crippen LogP) is 1.60. The molecular weight excluding hydrogens is 375 g/mol. The lowest BCUT2D eigenvalue weighted by atomic mass is 9.97. The van der Waals surface area contributed by atoms with Gasteiger partial charge in [0.25, 0.3) is 11.8 Å². The van der Waals surface area contributed by atoms with Crippen molar-refractivity contribution in [2.45, 2.75) is 25.5 Å². The summed E-state index contributed by atoms with van der Waals surface area (Å²) in [5.41, 5.74) is 1.33. The SMILES string of the molecule is CC(C)(O)[C@H](NC(=O)c1ccc(C#CC#Cc2ccc(F)cc2)cc1)C(=O)NO. The van der Waals surface area contributed by atoms with E-state index in [2.05, 4.69) is 29.0 Å². The monoisotopic (exact) mass is 394 g/mol. The number of carbonyl (C=O) groups excluding carboxylic acids is 2. The van der Waals surface area contributed by atoms with Crippen LogP contribution in [0, 0.1) is 29.5 Å². The fourth-order valence-electron chi connectivity index (χ4n) is 2.29. The molecule has 0 aliphatic carbocycles. The molecule has 2 aromatic carbocycles. The molecule has 0 saturated heterocycles. The topological polar surface area (TPSA) is 98.7 Å². The molecular formula is C22H19FN2O4. The highest BCUT2D eigenvalue weighted by Crippen LogP contribution is 2.11. The van der Waals surface area contributed by atoms with Gasteiger partial charge in [0.05, 0.1) is 5.60 Å². The van der Waals surface area contributed by atoms with E-state index in [1.54, 1.807) is 24.3 Å². The summed E-state index contributed by atoms with van der Waals surface area (Å²) in [6.45, 7) is 2.66. The van der Waals surface area contributed by atoms with Crippen LogP contribution in [0.4, 0.5) is 4.39 Å². The summed E-state index contributed by atoms with van der Waals surface area (Å²) in [6, 6.07) is 10.6. The Balaban J connectivity index is 2.06. The minimum Gasteiger partial charge on any atom is -0.388 e. The van der Waals surface area contributed by atoms with Crippen LogP contribution in [0.1, 0.15) is 35.3 Å². The Morgan fingerprint density at radius 1 is 0.966 bits per heavy atom. The van der Waals surface area contributed by atoms with Gasteiger partial charge < -0.3 is 10.4 Å². The summed E-state index contributed by atoms with van der Waals surface area (Å²) >= 11 is 0. The summed E-state index contributed by atoms with van der Waals surface area (Å²) < 4.78 is 12.8. The van der Waals surface area contributed by atoms with Crippen molar-refractivity contribution < 1.29 is 24.3 Å². The van der Waals surface area contributed by atoms with Crippen LogP contribution in [0.25, 0.3) is 0 Å². The van der Waals surface area contributed by atoms with E-state index in [1.807, 2.05) is 0 Å². The van der Waals surface area contributed by atoms with Gasteiger partial charge in [-0.1, -0.05) is 11.8 Å². The first-order valence-electron chi connectivity index (χ1n) is 8.55. The third-order valence-corrected chi connectivity index (χ3v) is 3.82. The molecule has 0 aromatic heterocycles. The Bertz CT molecular complexity index is 1000. The molecule has 0 aliphatic rings. The van der Waals surface area contributed by atoms with Crippen LogP contribution in [0.2, 0.25) is 0 Å². The number of rotatable bonds is 4. The van der Waals surface area contributed by atoms with E-state index in [-0.39, 0.29) is 11.4 Å². The van der Waals surface area contributed by atoms with Crippen molar-refractivity contribution in [3.63, 3.8) is 0 Å². The van der Waals surface area contributed by atoms with Gasteiger partial charge in [0, 0.05) is 16.7 Å². The minimum atomic E-state index is -1.59. The van der Waals surface area contributed by atoms with Gasteiger partial charge in [-0.2, -0.15) is 0 Å². The standard InChI is InChI=1S/C22H19FN2O4/c1-22(2,28)19(21(27)25-29)24-20(26)17-11-7-15(8-12-17)5-3-4-6-16-9-13-18(23)14-10-16/h7-14,19,28-29H,1-2H3,(H,24,26)(H,25,27)/t19-/m1/s1. The Labute approximate surface area is 167 Å². The van der Waals surface area contributed by atoms with Crippen LogP contribution in [0.3, 0.4) is 0 Å². The predicted molar refractivity (Wildman–Crippen MR) is 104 cm³/mol. The number of nitrogens with one attached hydrogen (secondary N) is 2. The molecule has 0 aliphatic heterocycles. The van der Waals surface area contributed by atoms with Gasteiger partial charge in [-0.3, -0.25) is 14.8 Å². The molecule has 0 bridgehead atoms. The summed E-state index contributed by atoms with van der Waals surface area (Å²) in [4.78, 5) is 24.0. The molecule has 1 atom stereocenters. The van der Waals surface area contributed by atoms with Crippen molar-refractivity contribution in [3.05, 3.63) is 71.0 Å². The van der Waals surface area contributed by atoms with Crippen LogP contribution in [-0.4, -0.2) is 33.8 Å². The first-order chi connectivity index (χ1) is 13.7. The highest BCUT2D eigenvalue weighted by molar-refractivity contribution is 5.97. The average molecular weight is 394 g/mol. The lowest BCUT2D eigenvalue weighted by molar-refractivity contribution is -0.136. The van der Waals surface area contributed by atoms with E-state index in [0.29, 0.717) is 11.1 Å². The maximum Gasteiger partial charge on any atom is 0.268 e. The molecule has 148 valence electrons. The Morgan fingerprint density at radius 3 is 1.90 bits per heavy atom. The van der Waals surface area contributed by atoms with Crippen molar-refractivity contribution >= 4 is 11.8 Å². The van der Waals surface area contributed by atoms with Gasteiger partial charge >= 0.3 is 0 Å². The lowest BCUT2D eigenvalue weighted by Crippen LogP contribution is -2.57. The van der Waals surface area contributed by atoms with Gasteiger partial charge in [0.2, 0.25) is 0 Å². The molecule has 0 heterocycles. The third kappa shape index (κ3) is 6.47. The normalized spacial score (nSPS) is 11.2. The maximum atomic E-state index is 12.8. The molecule has 2 amide bonds. The molecule has 0 saturated carbocycles. The maximum absolute atomic E-state index is 12.8. The average Bonchev–Trinajstić information content (AvgIpc) is 2.69. The van der Waals surface area contributed by atoms with E-state index in [9.17, 15) is 19.1 Å². The van der Waals surface area contributed by atoms with Crippen LogP contribution in [0.15, 0.2) is 48.5 Å². The Kier molecular flexibility index (Phi) is 7.10. The van der Waals surface area contributed by atoms with E-state index in [4.69, 9.17) is 5.21 Å². The first-order valence-corrected chi connectivity index (χ1v) is 8.55. The molecule has 0 radical (unpaired) electrons. The molecule has 0 unspecified atom stereocenters. The van der Waals surface area contributed by atoms with Crippen LogP contribution in [-0.2, 0) is 4.79 Å². The Morgan fingerprint density at radius 2 is 1.45 bits per heavy atom. The summed E-state index contributed by atoms with van der Waals surface area (Å²) in [5, 5.41) is 21.1. The highest BCUT2D eigenvalue weighted by Gasteiger charge is 2.34. The minimum absolute atomic E-state index is 0.243. The molecule has 6 nitrogen and oxygen atoms in total. The van der Waals surface area contributed by atoms with Gasteiger partial charge in [-0.15, -0.1) is 0 Å². The van der Waals surface area contributed by atoms with Gasteiger partial charge in [0.15, 0.2) is 0 Å². The molecule has 2 aromatic rings. The molecule has 29 heavy (non-hydrogen) atoms. The number of hydrogen-bond acceptors (Lipinski definition) is 4. The molecule has 7 heteroatoms.